The molecular weight excluding hydrogens is 1330 g/mol. The van der Waals surface area contributed by atoms with Crippen LogP contribution in [0, 0.1) is 23.6 Å². The number of hydrogen-bond donors (Lipinski definition) is 8. The van der Waals surface area contributed by atoms with Gasteiger partial charge in [0.25, 0.3) is 5.91 Å². The molecule has 0 aromatic heterocycles. The van der Waals surface area contributed by atoms with Crippen LogP contribution in [0.25, 0.3) is 0 Å². The van der Waals surface area contributed by atoms with Crippen LogP contribution < -0.4 is 42.0 Å². The highest BCUT2D eigenvalue weighted by Crippen LogP contribution is 2.49. The van der Waals surface area contributed by atoms with Gasteiger partial charge < -0.3 is 74.9 Å². The van der Waals surface area contributed by atoms with Gasteiger partial charge in [0.2, 0.25) is 24.1 Å². The first kappa shape index (κ1) is 75.1. The third kappa shape index (κ3) is 19.9. The summed E-state index contributed by atoms with van der Waals surface area (Å²) in [5.41, 5.74) is 2.47. The van der Waals surface area contributed by atoms with Gasteiger partial charge in [-0.15, -0.1) is 0 Å². The van der Waals surface area contributed by atoms with Gasteiger partial charge in [0, 0.05) is 56.3 Å². The summed E-state index contributed by atoms with van der Waals surface area (Å²) in [6.07, 6.45) is 1.30. The van der Waals surface area contributed by atoms with E-state index in [4.69, 9.17) is 45.8 Å². The zero-order valence-corrected chi connectivity index (χ0v) is 56.9. The molecule has 24 nitrogen and oxygen atoms in total. The number of aliphatic hydroxyl groups excluding tert-OH is 1. The van der Waals surface area contributed by atoms with Crippen molar-refractivity contribution in [2.45, 2.75) is 179 Å². The number of nitrogens with zero attached hydrogens (tertiary/aromatic N) is 2. The Bertz CT molecular complexity index is 2960. The highest BCUT2D eigenvalue weighted by Gasteiger charge is 2.64. The van der Waals surface area contributed by atoms with Crippen LogP contribution in [0.2, 0.25) is 5.02 Å². The van der Waals surface area contributed by atoms with E-state index in [0.29, 0.717) is 47.6 Å². The predicted molar refractivity (Wildman–Crippen MR) is 341 cm³/mol. The van der Waals surface area contributed by atoms with E-state index in [-0.39, 0.29) is 60.4 Å². The summed E-state index contributed by atoms with van der Waals surface area (Å²) >= 11 is 13.5. The predicted octanol–water partition coefficient (Wildman–Crippen LogP) is 6.07. The fraction of sp³-hybridized carbons (Fsp3) is 0.613. The SMILES string of the molecule is COc1cc2cc(c1Cl)N(C)C(=O)C[C@H](OC(=O)[C@H](C)N(C)C(=O)c1ccc(NC(=O)[C@H](CCCNC(N)=O)NC(=O)[C@@H](NC(C=O)CCCC(C)(C)OC(=O)C(CBr)CBr)C(C)C)c(F)c1)[C@]1(C)O[C@H]1[C@H](C)[C@@H]1C[C@@](O)(NC(O)O1)[C@H](OC)/C=C/C=C(\C)C2. The Morgan fingerprint density at radius 2 is 1.74 bits per heavy atom. The number of carbonyl (C=O) groups excluding carboxylic acids is 8. The van der Waals surface area contributed by atoms with Crippen molar-refractivity contribution >= 4 is 103 Å². The minimum atomic E-state index is -1.84. The van der Waals surface area contributed by atoms with Crippen molar-refractivity contribution in [3.63, 3.8) is 0 Å². The molecule has 9 N–H and O–H groups in total. The summed E-state index contributed by atoms with van der Waals surface area (Å²) in [6.45, 7) is 13.7. The number of benzene rings is 2. The molecule has 0 aliphatic carbocycles. The van der Waals surface area contributed by atoms with E-state index >= 15 is 4.39 Å². The van der Waals surface area contributed by atoms with Gasteiger partial charge in [-0.1, -0.05) is 88.0 Å². The first-order valence-electron chi connectivity index (χ1n) is 29.8. The molecular formula is C62H88Br2ClFN8O16. The van der Waals surface area contributed by atoms with E-state index in [2.05, 4.69) is 58.4 Å². The van der Waals surface area contributed by atoms with Crippen molar-refractivity contribution in [2.24, 2.45) is 23.5 Å². The number of amides is 6. The maximum atomic E-state index is 16.2. The molecule has 6 amide bonds. The number of urea groups is 1. The number of fused-ring (bicyclic) bond motifs is 5. The lowest BCUT2D eigenvalue weighted by molar-refractivity contribution is -0.271. The van der Waals surface area contributed by atoms with Crippen LogP contribution in [0.3, 0.4) is 0 Å². The number of allylic oxidation sites excluding steroid dienone is 3. The van der Waals surface area contributed by atoms with Crippen molar-refractivity contribution in [2.75, 3.05) is 55.7 Å². The van der Waals surface area contributed by atoms with Crippen LogP contribution in [0.1, 0.15) is 116 Å². The van der Waals surface area contributed by atoms with Gasteiger partial charge in [0.05, 0.1) is 55.1 Å². The first-order valence-corrected chi connectivity index (χ1v) is 32.4. The molecule has 3 heterocycles. The number of epoxide rings is 1. The Kier molecular flexibility index (Phi) is 27.8. The topological polar surface area (TPSA) is 328 Å². The number of likely N-dealkylation sites (N-methyl/N-ethyl adjacent to an activating group) is 1. The number of nitrogens with two attached hydrogens (primary N) is 1. The Balaban J connectivity index is 1.34. The quantitative estimate of drug-likeness (QED) is 0.0174. The third-order valence-electron chi connectivity index (χ3n) is 16.5. The molecule has 2 aromatic rings. The van der Waals surface area contributed by atoms with Gasteiger partial charge in [-0.2, -0.15) is 0 Å². The number of carbonyl (C=O) groups is 8. The molecule has 28 heteroatoms. The molecule has 5 rings (SSSR count). The lowest BCUT2D eigenvalue weighted by Gasteiger charge is -2.44. The maximum absolute atomic E-state index is 16.2. The molecule has 4 bridgehead atoms. The van der Waals surface area contributed by atoms with Crippen LogP contribution >= 0.6 is 43.5 Å². The minimum absolute atomic E-state index is 0.0264. The molecule has 2 unspecified atom stereocenters. The Labute approximate surface area is 547 Å². The van der Waals surface area contributed by atoms with E-state index < -0.39 is 132 Å². The molecule has 2 saturated heterocycles. The minimum Gasteiger partial charge on any atom is -0.495 e. The second kappa shape index (κ2) is 33.3. The van der Waals surface area contributed by atoms with Crippen LogP contribution in [0.4, 0.5) is 20.6 Å². The van der Waals surface area contributed by atoms with Gasteiger partial charge in [-0.25, -0.2) is 19.3 Å². The summed E-state index contributed by atoms with van der Waals surface area (Å²) in [7, 11) is 5.66. The fourth-order valence-electron chi connectivity index (χ4n) is 10.8. The summed E-state index contributed by atoms with van der Waals surface area (Å²) in [5.74, 6) is -6.41. The van der Waals surface area contributed by atoms with Crippen molar-refractivity contribution in [1.29, 1.82) is 0 Å². The van der Waals surface area contributed by atoms with Gasteiger partial charge in [0.1, 0.15) is 58.4 Å². The van der Waals surface area contributed by atoms with Gasteiger partial charge in [-0.05, 0) is 115 Å². The van der Waals surface area contributed by atoms with E-state index in [1.807, 2.05) is 13.0 Å². The second-order valence-electron chi connectivity index (χ2n) is 24.3. The monoisotopic (exact) mass is 1410 g/mol. The lowest BCUT2D eigenvalue weighted by Crippen LogP contribution is -2.65. The number of ether oxygens (including phenoxy) is 6. The molecule has 3 aliphatic rings. The normalized spacial score (nSPS) is 25.3. The molecule has 90 heavy (non-hydrogen) atoms. The number of nitrogens with one attached hydrogen (secondary N) is 5. The second-order valence-corrected chi connectivity index (χ2v) is 26.0. The number of alkyl halides is 2. The smallest absolute Gasteiger partial charge is 0.328 e. The zero-order chi connectivity index (χ0) is 67.2. The van der Waals surface area contributed by atoms with Gasteiger partial charge in [-0.3, -0.25) is 29.3 Å². The highest BCUT2D eigenvalue weighted by molar-refractivity contribution is 9.09. The zero-order valence-electron chi connectivity index (χ0n) is 53.0. The van der Waals surface area contributed by atoms with Crippen molar-refractivity contribution in [3.8, 4) is 5.75 Å². The molecule has 3 aliphatic heterocycles. The van der Waals surface area contributed by atoms with E-state index in [1.165, 1.54) is 46.2 Å². The average Bonchev–Trinajstić information content (AvgIpc) is 1.60. The number of primary amides is 1. The number of aldehydes is 1. The number of anilines is 2. The van der Waals surface area contributed by atoms with Crippen LogP contribution in [0.15, 0.2) is 54.1 Å². The Hall–Kier alpha value is -5.62. The Morgan fingerprint density at radius 1 is 1.06 bits per heavy atom. The third-order valence-corrected chi connectivity index (χ3v) is 18.5. The molecule has 2 aromatic carbocycles. The van der Waals surface area contributed by atoms with E-state index in [1.54, 1.807) is 65.8 Å². The molecule has 2 fully saturated rings. The number of rotatable bonds is 26. The molecule has 0 spiro atoms. The summed E-state index contributed by atoms with van der Waals surface area (Å²) in [6, 6.07) is 1.38. The molecule has 0 radical (unpaired) electrons. The van der Waals surface area contributed by atoms with Crippen molar-refractivity contribution < 1.29 is 81.4 Å². The van der Waals surface area contributed by atoms with Crippen LogP contribution in [-0.2, 0) is 58.9 Å². The number of aliphatic hydroxyl groups is 2. The maximum Gasteiger partial charge on any atom is 0.328 e. The highest BCUT2D eigenvalue weighted by atomic mass is 79.9. The number of halogens is 4. The molecule has 500 valence electrons. The fourth-order valence-corrected chi connectivity index (χ4v) is 12.7. The summed E-state index contributed by atoms with van der Waals surface area (Å²) in [4.78, 5) is 110. The number of hydrogen-bond acceptors (Lipinski definition) is 18. The average molecular weight is 1420 g/mol. The van der Waals surface area contributed by atoms with Gasteiger partial charge >= 0.3 is 18.0 Å². The van der Waals surface area contributed by atoms with Crippen LogP contribution in [0.5, 0.6) is 5.75 Å². The summed E-state index contributed by atoms with van der Waals surface area (Å²) < 4.78 is 51.7. The van der Waals surface area contributed by atoms with Crippen LogP contribution in [-0.4, -0.2) is 180 Å². The molecule has 0 saturated carbocycles. The van der Waals surface area contributed by atoms with Crippen molar-refractivity contribution in [1.82, 2.24) is 26.2 Å². The largest absolute Gasteiger partial charge is 0.495 e. The van der Waals surface area contributed by atoms with E-state index in [9.17, 15) is 48.6 Å². The first-order chi connectivity index (χ1) is 42.3. The molecule has 12 atom stereocenters. The number of esters is 2. The summed E-state index contributed by atoms with van der Waals surface area (Å²) in [5, 5.41) is 37.2. The Morgan fingerprint density at radius 3 is 2.36 bits per heavy atom. The number of methoxy groups -OCH3 is 2. The standard InChI is InChI=1S/C62H88Br2ClFN8O16/c1-33(2)51(69-40(32-75)17-14-22-60(6,7)90-57(81)39(30-63)31-64)54(78)71-43(18-15-23-68-58(67)82)53(77)70-42-21-20-38(27-41(42)66)55(79)73(9)36(5)56(80)88-48-28-49(76)74(10)44-25-37(26-45(85-11)50(44)65)24-34(3)16-13-19-47(86-12)62(84)29-46(87-59(83)72-62)35(4)52-61(48,8)89-52/h13,16,19-21,25-27,32-33,35-36,39-40,43,46-48,51-52,59,69,72,83-84H,14-15,17-18,22-24,28-31H2,1-12H3,(H,70,77)(H,71,78)(H3,67,68,82)/b19-13+,34-16+/t35-,36+,40?,43+,46+,47-,48+,51+,52+,59?,61+,62+/m1/s1. The van der Waals surface area contributed by atoms with Crippen molar-refractivity contribution in [3.05, 3.63) is 76.1 Å². The van der Waals surface area contributed by atoms with Gasteiger partial charge in [0.15, 0.2) is 5.72 Å². The van der Waals surface area contributed by atoms with E-state index in [0.717, 1.165) is 28.2 Å². The lowest BCUT2D eigenvalue weighted by atomic mass is 9.83.